The van der Waals surface area contributed by atoms with Crippen molar-refractivity contribution in [3.8, 4) is 5.75 Å². The van der Waals surface area contributed by atoms with E-state index in [2.05, 4.69) is 0 Å². The van der Waals surface area contributed by atoms with Crippen LogP contribution < -0.4 is 9.88 Å². The molecule has 1 aromatic rings. The molecule has 2 N–H and O–H groups in total. The Morgan fingerprint density at radius 2 is 1.74 bits per heavy atom. The Balaban J connectivity index is 2.97. The number of benzene rings is 1. The maximum atomic E-state index is 11.2. The zero-order valence-corrected chi connectivity index (χ0v) is 12.9. The van der Waals surface area contributed by atoms with E-state index in [1.807, 2.05) is 0 Å². The van der Waals surface area contributed by atoms with Gasteiger partial charge in [-0.3, -0.25) is 0 Å². The predicted molar refractivity (Wildman–Crippen MR) is 73.0 cm³/mol. The van der Waals surface area contributed by atoms with Gasteiger partial charge in [-0.15, -0.1) is 0 Å². The van der Waals surface area contributed by atoms with E-state index in [1.54, 1.807) is 0 Å². The number of ether oxygens (including phenoxy) is 1. The van der Waals surface area contributed by atoms with E-state index in [0.717, 1.165) is 12.3 Å². The van der Waals surface area contributed by atoms with Gasteiger partial charge in [-0.25, -0.2) is 22.0 Å². The van der Waals surface area contributed by atoms with Crippen LogP contribution in [0, 0.1) is 0 Å². The van der Waals surface area contributed by atoms with Crippen molar-refractivity contribution in [2.75, 3.05) is 18.6 Å². The van der Waals surface area contributed by atoms with Crippen LogP contribution in [0.5, 0.6) is 5.75 Å². The first-order chi connectivity index (χ1) is 8.50. The minimum absolute atomic E-state index is 0.0260. The fourth-order valence-electron chi connectivity index (χ4n) is 1.14. The van der Waals surface area contributed by atoms with Crippen molar-refractivity contribution in [2.45, 2.75) is 4.90 Å². The summed E-state index contributed by atoms with van der Waals surface area (Å²) in [7, 11) is -7.15. The lowest BCUT2D eigenvalue weighted by atomic mass is 10.3. The molecule has 6 nitrogen and oxygen atoms in total. The molecule has 108 valence electrons. The summed E-state index contributed by atoms with van der Waals surface area (Å²) in [5.41, 5.74) is 0. The second-order valence-electron chi connectivity index (χ2n) is 3.74. The van der Waals surface area contributed by atoms with E-state index in [1.165, 1.54) is 6.07 Å². The van der Waals surface area contributed by atoms with Crippen LogP contribution in [0.3, 0.4) is 0 Å². The molecule has 0 amide bonds. The second-order valence-corrected chi connectivity index (χ2v) is 8.34. The summed E-state index contributed by atoms with van der Waals surface area (Å²) >= 11 is 11.5. The van der Waals surface area contributed by atoms with Crippen LogP contribution in [0.2, 0.25) is 10.0 Å². The van der Waals surface area contributed by atoms with Crippen LogP contribution in [-0.2, 0) is 19.9 Å². The molecule has 0 fully saturated rings. The van der Waals surface area contributed by atoms with Crippen molar-refractivity contribution >= 4 is 43.1 Å². The third kappa shape index (κ3) is 5.15. The molecule has 10 heteroatoms. The molecule has 0 spiro atoms. The number of halogens is 2. The summed E-state index contributed by atoms with van der Waals surface area (Å²) in [6, 6.07) is 2.22. The first-order valence-corrected chi connectivity index (χ1v) is 9.19. The smallest absolute Gasteiger partial charge is 0.239 e. The third-order valence-corrected chi connectivity index (χ3v) is 4.58. The van der Waals surface area contributed by atoms with Gasteiger partial charge in [0.15, 0.2) is 9.84 Å². The van der Waals surface area contributed by atoms with Crippen molar-refractivity contribution in [1.29, 1.82) is 0 Å². The lowest BCUT2D eigenvalue weighted by molar-refractivity contribution is 0.341. The van der Waals surface area contributed by atoms with Crippen LogP contribution >= 0.6 is 23.2 Å². The standard InChI is InChI=1S/C9H11Cl2NO5S2/c1-18(13,14)3-2-17-8-4-7(11)9(5-6(8)10)19(12,15)16/h4-5H,2-3H2,1H3,(H2,12,15,16). The molecule has 0 radical (unpaired) electrons. The molecule has 0 aliphatic carbocycles. The number of sulfonamides is 1. The molecule has 0 bridgehead atoms. The summed E-state index contributed by atoms with van der Waals surface area (Å²) in [6.45, 7) is -0.121. The zero-order valence-electron chi connectivity index (χ0n) is 9.76. The highest BCUT2D eigenvalue weighted by Gasteiger charge is 2.17. The summed E-state index contributed by atoms with van der Waals surface area (Å²) < 4.78 is 49.3. The number of primary sulfonamides is 1. The zero-order chi connectivity index (χ0) is 14.8. The highest BCUT2D eigenvalue weighted by molar-refractivity contribution is 7.90. The average Bonchev–Trinajstić information content (AvgIpc) is 2.19. The lowest BCUT2D eigenvalue weighted by Gasteiger charge is -2.10. The molecule has 0 atom stereocenters. The third-order valence-electron chi connectivity index (χ3n) is 2.00. The Hall–Kier alpha value is -0.540. The van der Waals surface area contributed by atoms with Gasteiger partial charge in [0.05, 0.1) is 15.8 Å². The molecule has 1 rings (SSSR count). The Morgan fingerprint density at radius 1 is 1.16 bits per heavy atom. The largest absolute Gasteiger partial charge is 0.491 e. The summed E-state index contributed by atoms with van der Waals surface area (Å²) in [5, 5.41) is 4.77. The minimum atomic E-state index is -3.98. The van der Waals surface area contributed by atoms with Crippen molar-refractivity contribution in [1.82, 2.24) is 0 Å². The van der Waals surface area contributed by atoms with Crippen LogP contribution in [0.1, 0.15) is 0 Å². The Morgan fingerprint density at radius 3 is 2.21 bits per heavy atom. The molecular weight excluding hydrogens is 337 g/mol. The van der Waals surface area contributed by atoms with E-state index < -0.39 is 19.9 Å². The van der Waals surface area contributed by atoms with Crippen LogP contribution in [0.4, 0.5) is 0 Å². The van der Waals surface area contributed by atoms with Gasteiger partial charge in [-0.1, -0.05) is 23.2 Å². The Labute approximate surface area is 121 Å². The van der Waals surface area contributed by atoms with Crippen LogP contribution in [-0.4, -0.2) is 35.5 Å². The average molecular weight is 348 g/mol. The fourth-order valence-corrected chi connectivity index (χ4v) is 2.90. The van der Waals surface area contributed by atoms with Crippen molar-refractivity contribution in [2.24, 2.45) is 5.14 Å². The molecule has 0 aliphatic heterocycles. The number of rotatable bonds is 5. The van der Waals surface area contributed by atoms with Gasteiger partial charge < -0.3 is 4.74 Å². The maximum absolute atomic E-state index is 11.2. The van der Waals surface area contributed by atoms with E-state index in [-0.39, 0.29) is 33.0 Å². The van der Waals surface area contributed by atoms with E-state index >= 15 is 0 Å². The molecule has 0 heterocycles. The summed E-state index contributed by atoms with van der Waals surface area (Å²) in [5.74, 6) is -0.111. The molecule has 0 saturated carbocycles. The van der Waals surface area contributed by atoms with Gasteiger partial charge in [0.2, 0.25) is 10.0 Å². The Bertz CT molecular complexity index is 685. The van der Waals surface area contributed by atoms with Gasteiger partial charge in [0.1, 0.15) is 17.3 Å². The maximum Gasteiger partial charge on any atom is 0.239 e. The summed E-state index contributed by atoms with van der Waals surface area (Å²) in [6.07, 6.45) is 1.06. The van der Waals surface area contributed by atoms with Gasteiger partial charge in [-0.2, -0.15) is 0 Å². The Kier molecular flexibility index (Phi) is 5.08. The molecule has 0 aliphatic rings. The van der Waals surface area contributed by atoms with Crippen LogP contribution in [0.15, 0.2) is 17.0 Å². The number of hydrogen-bond donors (Lipinski definition) is 1. The monoisotopic (exact) mass is 347 g/mol. The number of sulfone groups is 1. The quantitative estimate of drug-likeness (QED) is 0.857. The second kappa shape index (κ2) is 5.84. The van der Waals surface area contributed by atoms with E-state index in [0.29, 0.717) is 0 Å². The van der Waals surface area contributed by atoms with Gasteiger partial charge in [0, 0.05) is 12.3 Å². The summed E-state index contributed by atoms with van der Waals surface area (Å²) in [4.78, 5) is -0.324. The molecule has 19 heavy (non-hydrogen) atoms. The van der Waals surface area contributed by atoms with Crippen molar-refractivity contribution < 1.29 is 21.6 Å². The first kappa shape index (κ1) is 16.5. The topological polar surface area (TPSA) is 104 Å². The highest BCUT2D eigenvalue weighted by atomic mass is 35.5. The van der Waals surface area contributed by atoms with E-state index in [9.17, 15) is 16.8 Å². The van der Waals surface area contributed by atoms with Crippen molar-refractivity contribution in [3.05, 3.63) is 22.2 Å². The minimum Gasteiger partial charge on any atom is -0.491 e. The van der Waals surface area contributed by atoms with Gasteiger partial charge in [0.25, 0.3) is 0 Å². The number of hydrogen-bond acceptors (Lipinski definition) is 5. The molecule has 1 aromatic carbocycles. The molecule has 0 aromatic heterocycles. The van der Waals surface area contributed by atoms with E-state index in [4.69, 9.17) is 33.1 Å². The van der Waals surface area contributed by atoms with Gasteiger partial charge >= 0.3 is 0 Å². The molecular formula is C9H11Cl2NO5S2. The first-order valence-electron chi connectivity index (χ1n) is 4.83. The SMILES string of the molecule is CS(=O)(=O)CCOc1cc(Cl)c(S(N)(=O)=O)cc1Cl. The predicted octanol–water partition coefficient (Wildman–Crippen LogP) is 1.06. The van der Waals surface area contributed by atoms with Crippen LogP contribution in [0.25, 0.3) is 0 Å². The molecule has 0 unspecified atom stereocenters. The highest BCUT2D eigenvalue weighted by Crippen LogP contribution is 2.33. The molecule has 0 saturated heterocycles. The van der Waals surface area contributed by atoms with Crippen molar-refractivity contribution in [3.63, 3.8) is 0 Å². The number of nitrogens with two attached hydrogens (primary N) is 1. The lowest BCUT2D eigenvalue weighted by Crippen LogP contribution is -2.14. The fraction of sp³-hybridized carbons (Fsp3) is 0.333. The van der Waals surface area contributed by atoms with Gasteiger partial charge in [-0.05, 0) is 6.07 Å². The normalized spacial score (nSPS) is 12.4.